The van der Waals surface area contributed by atoms with Crippen molar-refractivity contribution in [1.82, 2.24) is 19.4 Å². The van der Waals surface area contributed by atoms with Crippen molar-refractivity contribution in [2.75, 3.05) is 32.7 Å². The van der Waals surface area contributed by atoms with E-state index in [0.717, 1.165) is 18.4 Å². The van der Waals surface area contributed by atoms with E-state index in [1.54, 1.807) is 0 Å². The molecule has 0 bridgehead atoms. The van der Waals surface area contributed by atoms with Gasteiger partial charge in [-0.15, -0.1) is 0 Å². The summed E-state index contributed by atoms with van der Waals surface area (Å²) in [7, 11) is 0. The molecule has 0 atom stereocenters. The summed E-state index contributed by atoms with van der Waals surface area (Å²) in [6.07, 6.45) is 11.0. The lowest BCUT2D eigenvalue weighted by Gasteiger charge is -2.38. The zero-order valence-corrected chi connectivity index (χ0v) is 12.8. The minimum absolute atomic E-state index is 0.908. The third-order valence-electron chi connectivity index (χ3n) is 5.04. The molecule has 0 N–H and O–H groups in total. The fraction of sp³-hybridized carbons (Fsp3) is 0.812. The Morgan fingerprint density at radius 3 is 2.50 bits per heavy atom. The highest BCUT2D eigenvalue weighted by Crippen LogP contribution is 2.24. The van der Waals surface area contributed by atoms with Gasteiger partial charge < -0.3 is 9.47 Å². The van der Waals surface area contributed by atoms with Gasteiger partial charge in [0.25, 0.3) is 0 Å². The number of hydrogen-bond acceptors (Lipinski definition) is 3. The molecule has 1 aromatic rings. The Bertz CT molecular complexity index is 400. The molecule has 3 rings (SSSR count). The summed E-state index contributed by atoms with van der Waals surface area (Å²) in [5.41, 5.74) is 0. The number of nitrogens with zero attached hydrogens (tertiary/aromatic N) is 4. The number of aryl methyl sites for hydroxylation is 2. The van der Waals surface area contributed by atoms with E-state index < -0.39 is 0 Å². The summed E-state index contributed by atoms with van der Waals surface area (Å²) in [4.78, 5) is 9.65. The number of hydrogen-bond donors (Lipinski definition) is 0. The Morgan fingerprint density at radius 1 is 1.10 bits per heavy atom. The Labute approximate surface area is 122 Å². The van der Waals surface area contributed by atoms with Gasteiger partial charge in [-0.05, 0) is 32.7 Å². The van der Waals surface area contributed by atoms with E-state index in [0.29, 0.717) is 0 Å². The second-order valence-corrected chi connectivity index (χ2v) is 6.34. The minimum atomic E-state index is 0.908. The molecular weight excluding hydrogens is 248 g/mol. The SMILES string of the molecule is Cc1nccn1CCCN1CCN(C2CCCC2)CC1. The maximum absolute atomic E-state index is 4.28. The standard InChI is InChI=1S/C16H28N4/c1-15-17-7-10-19(15)9-4-8-18-11-13-20(14-12-18)16-5-2-3-6-16/h7,10,16H,2-6,8-9,11-14H2,1H3. The quantitative estimate of drug-likeness (QED) is 0.823. The van der Waals surface area contributed by atoms with Crippen LogP contribution in [0.25, 0.3) is 0 Å². The molecule has 2 heterocycles. The monoisotopic (exact) mass is 276 g/mol. The summed E-state index contributed by atoms with van der Waals surface area (Å²) >= 11 is 0. The van der Waals surface area contributed by atoms with E-state index in [1.165, 1.54) is 64.8 Å². The molecule has 0 spiro atoms. The predicted octanol–water partition coefficient (Wildman–Crippen LogP) is 2.14. The molecule has 112 valence electrons. The van der Waals surface area contributed by atoms with Crippen molar-refractivity contribution < 1.29 is 0 Å². The molecule has 0 amide bonds. The molecule has 0 unspecified atom stereocenters. The minimum Gasteiger partial charge on any atom is -0.335 e. The Morgan fingerprint density at radius 2 is 1.85 bits per heavy atom. The molecule has 4 heteroatoms. The van der Waals surface area contributed by atoms with Crippen molar-refractivity contribution in [3.63, 3.8) is 0 Å². The summed E-state index contributed by atoms with van der Waals surface area (Å²) in [5, 5.41) is 0. The van der Waals surface area contributed by atoms with Gasteiger partial charge in [0.15, 0.2) is 0 Å². The van der Waals surface area contributed by atoms with Crippen LogP contribution in [0.4, 0.5) is 0 Å². The van der Waals surface area contributed by atoms with E-state index in [1.807, 2.05) is 6.20 Å². The zero-order valence-electron chi connectivity index (χ0n) is 12.8. The number of piperazine rings is 1. The molecule has 0 radical (unpaired) electrons. The van der Waals surface area contributed by atoms with Crippen molar-refractivity contribution in [2.45, 2.75) is 51.6 Å². The lowest BCUT2D eigenvalue weighted by atomic mass is 10.2. The maximum atomic E-state index is 4.28. The molecule has 4 nitrogen and oxygen atoms in total. The normalized spacial score (nSPS) is 22.6. The second kappa shape index (κ2) is 6.72. The van der Waals surface area contributed by atoms with Gasteiger partial charge in [0, 0.05) is 51.2 Å². The van der Waals surface area contributed by atoms with Crippen LogP contribution < -0.4 is 0 Å². The maximum Gasteiger partial charge on any atom is 0.105 e. The number of rotatable bonds is 5. The highest BCUT2D eigenvalue weighted by atomic mass is 15.3. The van der Waals surface area contributed by atoms with Crippen molar-refractivity contribution in [3.8, 4) is 0 Å². The largest absolute Gasteiger partial charge is 0.335 e. The third kappa shape index (κ3) is 3.41. The molecule has 2 aliphatic rings. The fourth-order valence-electron chi connectivity index (χ4n) is 3.73. The van der Waals surface area contributed by atoms with Gasteiger partial charge in [0.1, 0.15) is 5.82 Å². The highest BCUT2D eigenvalue weighted by Gasteiger charge is 2.25. The number of aromatic nitrogens is 2. The Hall–Kier alpha value is -0.870. The average Bonchev–Trinajstić information content (AvgIpc) is 3.12. The van der Waals surface area contributed by atoms with E-state index in [4.69, 9.17) is 0 Å². The highest BCUT2D eigenvalue weighted by molar-refractivity contribution is 4.88. The lowest BCUT2D eigenvalue weighted by Crippen LogP contribution is -2.49. The molecule has 1 saturated carbocycles. The predicted molar refractivity (Wildman–Crippen MR) is 81.9 cm³/mol. The zero-order chi connectivity index (χ0) is 13.8. The molecular formula is C16H28N4. The van der Waals surface area contributed by atoms with Gasteiger partial charge in [0.2, 0.25) is 0 Å². The van der Waals surface area contributed by atoms with E-state index in [-0.39, 0.29) is 0 Å². The smallest absolute Gasteiger partial charge is 0.105 e. The molecule has 20 heavy (non-hydrogen) atoms. The second-order valence-electron chi connectivity index (χ2n) is 6.34. The van der Waals surface area contributed by atoms with Crippen LogP contribution in [-0.2, 0) is 6.54 Å². The van der Waals surface area contributed by atoms with Gasteiger partial charge in [0.05, 0.1) is 0 Å². The van der Waals surface area contributed by atoms with Crippen LogP contribution in [0.2, 0.25) is 0 Å². The summed E-state index contributed by atoms with van der Waals surface area (Å²) in [6, 6.07) is 0.908. The summed E-state index contributed by atoms with van der Waals surface area (Å²) < 4.78 is 2.26. The summed E-state index contributed by atoms with van der Waals surface area (Å²) in [6.45, 7) is 9.52. The average molecular weight is 276 g/mol. The Kier molecular flexibility index (Phi) is 4.73. The van der Waals surface area contributed by atoms with Crippen LogP contribution in [0.1, 0.15) is 37.9 Å². The van der Waals surface area contributed by atoms with Crippen LogP contribution >= 0.6 is 0 Å². The first-order valence-corrected chi connectivity index (χ1v) is 8.27. The fourth-order valence-corrected chi connectivity index (χ4v) is 3.73. The molecule has 1 aromatic heterocycles. The van der Waals surface area contributed by atoms with Crippen molar-refractivity contribution >= 4 is 0 Å². The van der Waals surface area contributed by atoms with Gasteiger partial charge in [-0.3, -0.25) is 4.90 Å². The van der Waals surface area contributed by atoms with Crippen LogP contribution in [0.15, 0.2) is 12.4 Å². The molecule has 1 saturated heterocycles. The van der Waals surface area contributed by atoms with Crippen molar-refractivity contribution in [3.05, 3.63) is 18.2 Å². The number of imidazole rings is 1. The third-order valence-corrected chi connectivity index (χ3v) is 5.04. The van der Waals surface area contributed by atoms with E-state index in [2.05, 4.69) is 32.5 Å². The van der Waals surface area contributed by atoms with Crippen LogP contribution in [0, 0.1) is 6.92 Å². The first-order valence-electron chi connectivity index (χ1n) is 8.27. The van der Waals surface area contributed by atoms with Gasteiger partial charge >= 0.3 is 0 Å². The van der Waals surface area contributed by atoms with Crippen LogP contribution in [-0.4, -0.2) is 58.1 Å². The molecule has 1 aliphatic carbocycles. The van der Waals surface area contributed by atoms with Gasteiger partial charge in [-0.1, -0.05) is 12.8 Å². The van der Waals surface area contributed by atoms with Gasteiger partial charge in [-0.2, -0.15) is 0 Å². The van der Waals surface area contributed by atoms with E-state index >= 15 is 0 Å². The first kappa shape index (κ1) is 14.1. The first-order chi connectivity index (χ1) is 9.83. The molecule has 0 aromatic carbocycles. The summed E-state index contributed by atoms with van der Waals surface area (Å²) in [5.74, 6) is 1.14. The van der Waals surface area contributed by atoms with Crippen LogP contribution in [0.5, 0.6) is 0 Å². The Balaban J connectivity index is 1.35. The van der Waals surface area contributed by atoms with Crippen molar-refractivity contribution in [2.24, 2.45) is 0 Å². The van der Waals surface area contributed by atoms with Crippen LogP contribution in [0.3, 0.4) is 0 Å². The lowest BCUT2D eigenvalue weighted by molar-refractivity contribution is 0.0964. The molecule has 1 aliphatic heterocycles. The van der Waals surface area contributed by atoms with Crippen molar-refractivity contribution in [1.29, 1.82) is 0 Å². The topological polar surface area (TPSA) is 24.3 Å². The molecule has 2 fully saturated rings. The van der Waals surface area contributed by atoms with E-state index in [9.17, 15) is 0 Å². The van der Waals surface area contributed by atoms with Gasteiger partial charge in [-0.25, -0.2) is 4.98 Å².